The predicted octanol–water partition coefficient (Wildman–Crippen LogP) is 4.71. The van der Waals surface area contributed by atoms with Crippen molar-refractivity contribution in [1.29, 1.82) is 0 Å². The molecule has 20 heavy (non-hydrogen) atoms. The van der Waals surface area contributed by atoms with Gasteiger partial charge in [-0.1, -0.05) is 18.5 Å². The van der Waals surface area contributed by atoms with E-state index in [0.29, 0.717) is 6.61 Å². The van der Waals surface area contributed by atoms with Gasteiger partial charge in [0, 0.05) is 21.3 Å². The van der Waals surface area contributed by atoms with Crippen molar-refractivity contribution in [2.75, 3.05) is 6.54 Å². The van der Waals surface area contributed by atoms with Crippen LogP contribution < -0.4 is 10.1 Å². The molecule has 0 saturated heterocycles. The van der Waals surface area contributed by atoms with Crippen molar-refractivity contribution >= 4 is 22.9 Å². The highest BCUT2D eigenvalue weighted by Crippen LogP contribution is 2.27. The lowest BCUT2D eigenvalue weighted by atomic mass is 10.1. The first-order chi connectivity index (χ1) is 9.60. The van der Waals surface area contributed by atoms with E-state index in [9.17, 15) is 0 Å². The lowest BCUT2D eigenvalue weighted by Gasteiger charge is -2.09. The molecular formula is C16H20ClNOS. The Kier molecular flexibility index (Phi) is 5.46. The van der Waals surface area contributed by atoms with E-state index in [4.69, 9.17) is 16.3 Å². The maximum Gasteiger partial charge on any atom is 0.122 e. The summed E-state index contributed by atoms with van der Waals surface area (Å²) in [4.78, 5) is 2.58. The topological polar surface area (TPSA) is 21.3 Å². The number of hydrogen-bond acceptors (Lipinski definition) is 3. The maximum absolute atomic E-state index is 6.16. The number of aryl methyl sites for hydroxylation is 2. The van der Waals surface area contributed by atoms with Gasteiger partial charge in [-0.3, -0.25) is 0 Å². The van der Waals surface area contributed by atoms with Gasteiger partial charge >= 0.3 is 0 Å². The fourth-order valence-electron chi connectivity index (χ4n) is 1.99. The maximum atomic E-state index is 6.16. The van der Waals surface area contributed by atoms with Gasteiger partial charge in [-0.05, 0) is 55.8 Å². The van der Waals surface area contributed by atoms with Crippen molar-refractivity contribution in [3.63, 3.8) is 0 Å². The molecule has 1 aromatic carbocycles. The van der Waals surface area contributed by atoms with Crippen LogP contribution in [0.3, 0.4) is 0 Å². The summed E-state index contributed by atoms with van der Waals surface area (Å²) in [5.74, 6) is 0.881. The number of thiophene rings is 1. The summed E-state index contributed by atoms with van der Waals surface area (Å²) in [7, 11) is 0. The van der Waals surface area contributed by atoms with Crippen LogP contribution in [-0.2, 0) is 13.2 Å². The number of rotatable bonds is 6. The first-order valence-corrected chi connectivity index (χ1v) is 7.97. The second-order valence-corrected chi connectivity index (χ2v) is 6.44. The Morgan fingerprint density at radius 3 is 2.45 bits per heavy atom. The summed E-state index contributed by atoms with van der Waals surface area (Å²) in [6.07, 6.45) is 0. The van der Waals surface area contributed by atoms with Crippen molar-refractivity contribution in [1.82, 2.24) is 5.32 Å². The lowest BCUT2D eigenvalue weighted by Crippen LogP contribution is -2.10. The summed E-state index contributed by atoms with van der Waals surface area (Å²) in [5, 5.41) is 4.15. The monoisotopic (exact) mass is 309 g/mol. The third-order valence-corrected chi connectivity index (χ3v) is 4.71. The first kappa shape index (κ1) is 15.4. The molecule has 0 spiro atoms. The normalized spacial score (nSPS) is 10.8. The minimum Gasteiger partial charge on any atom is -0.488 e. The zero-order valence-corrected chi connectivity index (χ0v) is 13.7. The van der Waals surface area contributed by atoms with Gasteiger partial charge in [-0.15, -0.1) is 11.3 Å². The lowest BCUT2D eigenvalue weighted by molar-refractivity contribution is 0.309. The Morgan fingerprint density at radius 1 is 1.15 bits per heavy atom. The SMILES string of the molecule is CCNCc1ccc(COc2cc(C)c(Cl)c(C)c2)s1. The van der Waals surface area contributed by atoms with E-state index in [2.05, 4.69) is 24.4 Å². The Bertz CT molecular complexity index is 557. The van der Waals surface area contributed by atoms with E-state index >= 15 is 0 Å². The molecule has 2 aromatic rings. The van der Waals surface area contributed by atoms with E-state index in [1.807, 2.05) is 26.0 Å². The van der Waals surface area contributed by atoms with Crippen LogP contribution in [0.2, 0.25) is 5.02 Å². The average molecular weight is 310 g/mol. The molecule has 0 aliphatic carbocycles. The molecule has 0 amide bonds. The molecule has 0 fully saturated rings. The van der Waals surface area contributed by atoms with Gasteiger partial charge < -0.3 is 10.1 Å². The molecule has 0 unspecified atom stereocenters. The number of halogens is 1. The van der Waals surface area contributed by atoms with Crippen LogP contribution in [0.25, 0.3) is 0 Å². The Balaban J connectivity index is 1.96. The molecule has 2 nitrogen and oxygen atoms in total. The molecule has 1 heterocycles. The fourth-order valence-corrected chi connectivity index (χ4v) is 3.00. The van der Waals surface area contributed by atoms with Crippen LogP contribution in [-0.4, -0.2) is 6.54 Å². The second-order valence-electron chi connectivity index (χ2n) is 4.81. The molecule has 1 aromatic heterocycles. The van der Waals surface area contributed by atoms with Crippen LogP contribution in [0.1, 0.15) is 27.8 Å². The van der Waals surface area contributed by atoms with Crippen molar-refractivity contribution in [3.05, 3.63) is 50.2 Å². The third kappa shape index (κ3) is 3.98. The highest BCUT2D eigenvalue weighted by molar-refractivity contribution is 7.11. The van der Waals surface area contributed by atoms with E-state index in [0.717, 1.165) is 35.0 Å². The van der Waals surface area contributed by atoms with Gasteiger partial charge in [0.15, 0.2) is 0 Å². The number of ether oxygens (including phenoxy) is 1. The molecule has 1 N–H and O–H groups in total. The highest BCUT2D eigenvalue weighted by Gasteiger charge is 2.05. The number of hydrogen-bond donors (Lipinski definition) is 1. The van der Waals surface area contributed by atoms with E-state index < -0.39 is 0 Å². The van der Waals surface area contributed by atoms with Crippen molar-refractivity contribution in [2.45, 2.75) is 33.9 Å². The predicted molar refractivity (Wildman–Crippen MR) is 87.0 cm³/mol. The van der Waals surface area contributed by atoms with Crippen molar-refractivity contribution in [3.8, 4) is 5.75 Å². The van der Waals surface area contributed by atoms with Crippen LogP contribution in [0.15, 0.2) is 24.3 Å². The van der Waals surface area contributed by atoms with Crippen LogP contribution in [0, 0.1) is 13.8 Å². The molecule has 0 saturated carbocycles. The molecule has 0 bridgehead atoms. The van der Waals surface area contributed by atoms with Gasteiger partial charge in [-0.25, -0.2) is 0 Å². The van der Waals surface area contributed by atoms with Gasteiger partial charge in [-0.2, -0.15) is 0 Å². The molecular weight excluding hydrogens is 290 g/mol. The smallest absolute Gasteiger partial charge is 0.122 e. The summed E-state index contributed by atoms with van der Waals surface area (Å²) in [6, 6.07) is 8.27. The van der Waals surface area contributed by atoms with Gasteiger partial charge in [0.05, 0.1) is 0 Å². The van der Waals surface area contributed by atoms with Gasteiger partial charge in [0.1, 0.15) is 12.4 Å². The van der Waals surface area contributed by atoms with Gasteiger partial charge in [0.2, 0.25) is 0 Å². The fraction of sp³-hybridized carbons (Fsp3) is 0.375. The largest absolute Gasteiger partial charge is 0.488 e. The molecule has 108 valence electrons. The Morgan fingerprint density at radius 2 is 1.80 bits per heavy atom. The molecule has 0 radical (unpaired) electrons. The molecule has 4 heteroatoms. The molecule has 0 atom stereocenters. The minimum atomic E-state index is 0.608. The molecule has 0 aliphatic rings. The number of benzene rings is 1. The second kappa shape index (κ2) is 7.11. The summed E-state index contributed by atoms with van der Waals surface area (Å²) in [6.45, 7) is 8.65. The average Bonchev–Trinajstić information content (AvgIpc) is 2.88. The zero-order chi connectivity index (χ0) is 14.5. The van der Waals surface area contributed by atoms with E-state index in [1.54, 1.807) is 11.3 Å². The Hall–Kier alpha value is -1.03. The third-order valence-electron chi connectivity index (χ3n) is 3.06. The van der Waals surface area contributed by atoms with E-state index in [1.165, 1.54) is 9.75 Å². The van der Waals surface area contributed by atoms with Crippen molar-refractivity contribution < 1.29 is 4.74 Å². The quantitative estimate of drug-likeness (QED) is 0.834. The van der Waals surface area contributed by atoms with E-state index in [-0.39, 0.29) is 0 Å². The summed E-state index contributed by atoms with van der Waals surface area (Å²) >= 11 is 7.95. The standard InChI is InChI=1S/C16H20ClNOS/c1-4-18-9-14-5-6-15(20-14)10-19-13-7-11(2)16(17)12(3)8-13/h5-8,18H,4,9-10H2,1-3H3. The van der Waals surface area contributed by atoms with Crippen molar-refractivity contribution in [2.24, 2.45) is 0 Å². The Labute approximate surface area is 129 Å². The van der Waals surface area contributed by atoms with Crippen LogP contribution >= 0.6 is 22.9 Å². The van der Waals surface area contributed by atoms with Crippen LogP contribution in [0.4, 0.5) is 0 Å². The zero-order valence-electron chi connectivity index (χ0n) is 12.1. The molecule has 2 rings (SSSR count). The summed E-state index contributed by atoms with van der Waals surface area (Å²) in [5.41, 5.74) is 2.11. The minimum absolute atomic E-state index is 0.608. The van der Waals surface area contributed by atoms with Crippen LogP contribution in [0.5, 0.6) is 5.75 Å². The highest BCUT2D eigenvalue weighted by atomic mass is 35.5. The number of nitrogens with one attached hydrogen (secondary N) is 1. The first-order valence-electron chi connectivity index (χ1n) is 6.78. The summed E-state index contributed by atoms with van der Waals surface area (Å²) < 4.78 is 5.86. The van der Waals surface area contributed by atoms with Gasteiger partial charge in [0.25, 0.3) is 0 Å². The molecule has 0 aliphatic heterocycles.